The van der Waals surface area contributed by atoms with E-state index < -0.39 is 0 Å². The molecular formula is C20H24FN3O3. The van der Waals surface area contributed by atoms with Gasteiger partial charge in [0.05, 0.1) is 12.3 Å². The number of likely N-dealkylation sites (tertiary alicyclic amines) is 1. The Kier molecular flexibility index (Phi) is 5.88. The van der Waals surface area contributed by atoms with Crippen molar-refractivity contribution in [3.05, 3.63) is 57.8 Å². The van der Waals surface area contributed by atoms with Crippen LogP contribution in [0.15, 0.2) is 35.1 Å². The molecule has 1 amide bonds. The van der Waals surface area contributed by atoms with Crippen LogP contribution in [0, 0.1) is 25.6 Å². The third kappa shape index (κ3) is 4.72. The summed E-state index contributed by atoms with van der Waals surface area (Å²) in [7, 11) is 0. The van der Waals surface area contributed by atoms with Gasteiger partial charge in [-0.25, -0.2) is 9.07 Å². The van der Waals surface area contributed by atoms with E-state index in [1.54, 1.807) is 23.1 Å². The number of benzene rings is 1. The first-order valence-corrected chi connectivity index (χ1v) is 9.14. The van der Waals surface area contributed by atoms with Crippen LogP contribution in [-0.2, 0) is 11.3 Å². The van der Waals surface area contributed by atoms with E-state index in [4.69, 9.17) is 4.74 Å². The van der Waals surface area contributed by atoms with Crippen molar-refractivity contribution in [2.75, 3.05) is 19.7 Å². The smallest absolute Gasteiger partial charge is 0.267 e. The van der Waals surface area contributed by atoms with E-state index in [2.05, 4.69) is 5.10 Å². The highest BCUT2D eigenvalue weighted by Gasteiger charge is 2.25. The Bertz CT molecular complexity index is 881. The number of rotatable bonds is 5. The lowest BCUT2D eigenvalue weighted by Gasteiger charge is -2.32. The summed E-state index contributed by atoms with van der Waals surface area (Å²) in [4.78, 5) is 26.4. The van der Waals surface area contributed by atoms with Gasteiger partial charge in [-0.15, -0.1) is 0 Å². The Morgan fingerprint density at radius 2 is 2.11 bits per heavy atom. The topological polar surface area (TPSA) is 64.4 Å². The number of nitrogens with zero attached hydrogens (tertiary/aromatic N) is 3. The van der Waals surface area contributed by atoms with Gasteiger partial charge in [0, 0.05) is 25.1 Å². The number of ether oxygens (including phenoxy) is 1. The lowest BCUT2D eigenvalue weighted by Crippen LogP contribution is -2.44. The molecular weight excluding hydrogens is 349 g/mol. The van der Waals surface area contributed by atoms with Crippen molar-refractivity contribution in [3.8, 4) is 5.75 Å². The van der Waals surface area contributed by atoms with Crippen molar-refractivity contribution >= 4 is 5.91 Å². The highest BCUT2D eigenvalue weighted by molar-refractivity contribution is 5.76. The number of aryl methyl sites for hydroxylation is 2. The normalized spacial score (nSPS) is 17.0. The molecule has 0 aliphatic carbocycles. The van der Waals surface area contributed by atoms with Gasteiger partial charge in [-0.2, -0.15) is 5.10 Å². The highest BCUT2D eigenvalue weighted by atomic mass is 19.1. The number of aromatic nitrogens is 2. The van der Waals surface area contributed by atoms with Gasteiger partial charge in [-0.3, -0.25) is 9.59 Å². The third-order valence-electron chi connectivity index (χ3n) is 4.90. The zero-order valence-electron chi connectivity index (χ0n) is 15.7. The lowest BCUT2D eigenvalue weighted by molar-refractivity contribution is -0.134. The van der Waals surface area contributed by atoms with Crippen LogP contribution in [0.2, 0.25) is 0 Å². The first kappa shape index (κ1) is 19.1. The number of halogens is 1. The molecule has 6 nitrogen and oxygen atoms in total. The number of piperidine rings is 1. The number of hydrogen-bond acceptors (Lipinski definition) is 4. The third-order valence-corrected chi connectivity index (χ3v) is 4.90. The minimum absolute atomic E-state index is 0.0686. The largest absolute Gasteiger partial charge is 0.490 e. The molecule has 1 aromatic heterocycles. The Balaban J connectivity index is 1.59. The standard InChI is InChI=1S/C20H24FN3O3/c1-14-10-19(25)24(22-15(14)2)12-20(26)23-9-5-6-16(11-23)13-27-18-8-4-3-7-17(18)21/h3-4,7-8,10,16H,5-6,9,11-13H2,1-2H3/t16-/m1/s1. The summed E-state index contributed by atoms with van der Waals surface area (Å²) in [6, 6.07) is 7.80. The Morgan fingerprint density at radius 1 is 1.33 bits per heavy atom. The van der Waals surface area contributed by atoms with E-state index in [-0.39, 0.29) is 35.5 Å². The highest BCUT2D eigenvalue weighted by Crippen LogP contribution is 2.21. The van der Waals surface area contributed by atoms with E-state index in [0.29, 0.717) is 19.7 Å². The molecule has 1 saturated heterocycles. The van der Waals surface area contributed by atoms with Gasteiger partial charge >= 0.3 is 0 Å². The Hall–Kier alpha value is -2.70. The Labute approximate surface area is 157 Å². The summed E-state index contributed by atoms with van der Waals surface area (Å²) in [6.07, 6.45) is 1.77. The van der Waals surface area contributed by atoms with Crippen LogP contribution < -0.4 is 10.3 Å². The molecule has 7 heteroatoms. The van der Waals surface area contributed by atoms with Crippen molar-refractivity contribution in [2.45, 2.75) is 33.2 Å². The summed E-state index contributed by atoms with van der Waals surface area (Å²) in [5, 5.41) is 4.20. The minimum Gasteiger partial charge on any atom is -0.490 e. The van der Waals surface area contributed by atoms with Gasteiger partial charge < -0.3 is 9.64 Å². The first-order valence-electron chi connectivity index (χ1n) is 9.14. The molecule has 1 atom stereocenters. The summed E-state index contributed by atoms with van der Waals surface area (Å²) in [6.45, 7) is 5.10. The molecule has 0 unspecified atom stereocenters. The summed E-state index contributed by atoms with van der Waals surface area (Å²) in [5.41, 5.74) is 1.27. The molecule has 1 aliphatic heterocycles. The van der Waals surface area contributed by atoms with E-state index in [0.717, 1.165) is 24.1 Å². The summed E-state index contributed by atoms with van der Waals surface area (Å²) >= 11 is 0. The summed E-state index contributed by atoms with van der Waals surface area (Å²) in [5.74, 6) is -0.163. The SMILES string of the molecule is Cc1cc(=O)n(CC(=O)N2CCC[C@@H](COc3ccccc3F)C2)nc1C. The zero-order chi connectivity index (χ0) is 19.4. The van der Waals surface area contributed by atoms with Crippen LogP contribution in [0.3, 0.4) is 0 Å². The van der Waals surface area contributed by atoms with Gasteiger partial charge in [0.2, 0.25) is 5.91 Å². The molecule has 1 aromatic carbocycles. The Morgan fingerprint density at radius 3 is 2.89 bits per heavy atom. The second kappa shape index (κ2) is 8.33. The molecule has 0 spiro atoms. The maximum Gasteiger partial charge on any atom is 0.267 e. The maximum absolute atomic E-state index is 13.7. The van der Waals surface area contributed by atoms with Crippen molar-refractivity contribution in [1.29, 1.82) is 0 Å². The lowest BCUT2D eigenvalue weighted by atomic mass is 9.99. The van der Waals surface area contributed by atoms with Gasteiger partial charge in [-0.1, -0.05) is 12.1 Å². The van der Waals surface area contributed by atoms with Crippen molar-refractivity contribution in [2.24, 2.45) is 5.92 Å². The van der Waals surface area contributed by atoms with E-state index >= 15 is 0 Å². The average molecular weight is 373 g/mol. The molecule has 1 fully saturated rings. The van der Waals surface area contributed by atoms with Crippen LogP contribution in [0.1, 0.15) is 24.1 Å². The first-order chi connectivity index (χ1) is 12.9. The molecule has 3 rings (SSSR count). The number of carbonyl (C=O) groups is 1. The zero-order valence-corrected chi connectivity index (χ0v) is 15.7. The van der Waals surface area contributed by atoms with Gasteiger partial charge in [0.25, 0.3) is 5.56 Å². The van der Waals surface area contributed by atoms with Crippen LogP contribution in [0.5, 0.6) is 5.75 Å². The fraction of sp³-hybridized carbons (Fsp3) is 0.450. The molecule has 2 heterocycles. The molecule has 2 aromatic rings. The predicted octanol–water partition coefficient (Wildman–Crippen LogP) is 2.32. The molecule has 0 radical (unpaired) electrons. The fourth-order valence-corrected chi connectivity index (χ4v) is 3.21. The van der Waals surface area contributed by atoms with Crippen molar-refractivity contribution < 1.29 is 13.9 Å². The second-order valence-electron chi connectivity index (χ2n) is 7.00. The second-order valence-corrected chi connectivity index (χ2v) is 7.00. The molecule has 1 aliphatic rings. The maximum atomic E-state index is 13.7. The predicted molar refractivity (Wildman–Crippen MR) is 99.2 cm³/mol. The van der Waals surface area contributed by atoms with Crippen LogP contribution in [0.25, 0.3) is 0 Å². The van der Waals surface area contributed by atoms with E-state index in [1.165, 1.54) is 16.8 Å². The molecule has 27 heavy (non-hydrogen) atoms. The van der Waals surface area contributed by atoms with E-state index in [9.17, 15) is 14.0 Å². The van der Waals surface area contributed by atoms with Crippen molar-refractivity contribution in [3.63, 3.8) is 0 Å². The van der Waals surface area contributed by atoms with E-state index in [1.807, 2.05) is 13.8 Å². The number of amides is 1. The molecule has 0 bridgehead atoms. The van der Waals surface area contributed by atoms with Crippen LogP contribution >= 0.6 is 0 Å². The number of para-hydroxylation sites is 1. The average Bonchev–Trinajstić information content (AvgIpc) is 2.65. The molecule has 144 valence electrons. The molecule has 0 saturated carbocycles. The van der Waals surface area contributed by atoms with Crippen LogP contribution in [0.4, 0.5) is 4.39 Å². The van der Waals surface area contributed by atoms with Crippen molar-refractivity contribution in [1.82, 2.24) is 14.7 Å². The molecule has 0 N–H and O–H groups in total. The fourth-order valence-electron chi connectivity index (χ4n) is 3.21. The van der Waals surface area contributed by atoms with Crippen LogP contribution in [-0.4, -0.2) is 40.3 Å². The number of carbonyl (C=O) groups excluding carboxylic acids is 1. The number of hydrogen-bond donors (Lipinski definition) is 0. The quantitative estimate of drug-likeness (QED) is 0.807. The van der Waals surface area contributed by atoms with Gasteiger partial charge in [0.15, 0.2) is 11.6 Å². The monoisotopic (exact) mass is 373 g/mol. The minimum atomic E-state index is -0.388. The summed E-state index contributed by atoms with van der Waals surface area (Å²) < 4.78 is 20.5. The van der Waals surface area contributed by atoms with Gasteiger partial charge in [0.1, 0.15) is 6.54 Å². The van der Waals surface area contributed by atoms with Gasteiger partial charge in [-0.05, 0) is 44.4 Å².